The van der Waals surface area contributed by atoms with E-state index in [-0.39, 0.29) is 0 Å². The molecule has 0 radical (unpaired) electrons. The van der Waals surface area contributed by atoms with Crippen molar-refractivity contribution in [2.24, 2.45) is 0 Å². The number of para-hydroxylation sites is 9. The fourth-order valence-electron chi connectivity index (χ4n) is 13.3. The molecule has 0 aliphatic carbocycles. The van der Waals surface area contributed by atoms with Gasteiger partial charge in [-0.15, -0.1) is 0 Å². The molecule has 11 aromatic carbocycles. The van der Waals surface area contributed by atoms with E-state index in [4.69, 9.17) is 24.4 Å². The zero-order valence-electron chi connectivity index (χ0n) is 44.4. The normalized spacial score (nSPS) is 12.1. The molecule has 0 aliphatic heterocycles. The summed E-state index contributed by atoms with van der Waals surface area (Å²) >= 11 is 0. The molecular formula is C74H44N8O. The maximum atomic E-state index is 6.43. The molecule has 7 heterocycles. The number of fused-ring (bicyclic) bond motifs is 15. The van der Waals surface area contributed by atoms with Gasteiger partial charge in [0.15, 0.2) is 29.1 Å². The molecule has 386 valence electrons. The molecule has 0 bridgehead atoms. The van der Waals surface area contributed by atoms with Crippen LogP contribution in [-0.2, 0) is 0 Å². The lowest BCUT2D eigenvalue weighted by Gasteiger charge is -2.26. The van der Waals surface area contributed by atoms with Crippen LogP contribution in [0, 0.1) is 0 Å². The molecule has 9 nitrogen and oxygen atoms in total. The SMILES string of the molecule is c1ccc(-c2nc(-c3ccc4oc5ccccc5c4c3)nc(-c3c(-n4c5ccccc5c5ccccc54)c(-n4c5ccccc5c5ccccc54)nc(-n4c5ccccc5c5ccccc54)c3-n3c4ccccc4c4ccccc43)n2)cc1. The summed E-state index contributed by atoms with van der Waals surface area (Å²) in [5, 5.41) is 10.9. The van der Waals surface area contributed by atoms with Crippen LogP contribution in [0.2, 0.25) is 0 Å². The molecule has 0 atom stereocenters. The Morgan fingerprint density at radius 1 is 0.229 bits per heavy atom. The predicted octanol–water partition coefficient (Wildman–Crippen LogP) is 18.6. The van der Waals surface area contributed by atoms with Gasteiger partial charge in [-0.3, -0.25) is 9.13 Å². The average molecular weight is 1060 g/mol. The Labute approximate surface area is 473 Å². The molecule has 0 saturated heterocycles. The molecule has 0 fully saturated rings. The summed E-state index contributed by atoms with van der Waals surface area (Å²) in [6, 6.07) is 94.4. The van der Waals surface area contributed by atoms with E-state index in [1.54, 1.807) is 0 Å². The van der Waals surface area contributed by atoms with Gasteiger partial charge in [-0.05, 0) is 72.8 Å². The summed E-state index contributed by atoms with van der Waals surface area (Å²) < 4.78 is 16.0. The number of hydrogen-bond acceptors (Lipinski definition) is 5. The van der Waals surface area contributed by atoms with Gasteiger partial charge in [0.25, 0.3) is 0 Å². The van der Waals surface area contributed by atoms with Crippen LogP contribution in [0.1, 0.15) is 0 Å². The van der Waals surface area contributed by atoms with Crippen molar-refractivity contribution in [3.05, 3.63) is 267 Å². The third-order valence-corrected chi connectivity index (χ3v) is 16.8. The van der Waals surface area contributed by atoms with Crippen LogP contribution in [0.4, 0.5) is 0 Å². The third-order valence-electron chi connectivity index (χ3n) is 16.8. The van der Waals surface area contributed by atoms with E-state index in [2.05, 4.69) is 249 Å². The Kier molecular flexibility index (Phi) is 9.60. The summed E-state index contributed by atoms with van der Waals surface area (Å²) in [5.74, 6) is 2.89. The maximum absolute atomic E-state index is 6.43. The van der Waals surface area contributed by atoms with Crippen LogP contribution in [0.25, 0.3) is 166 Å². The van der Waals surface area contributed by atoms with Gasteiger partial charge in [0.2, 0.25) is 0 Å². The fraction of sp³-hybridized carbons (Fsp3) is 0. The summed E-state index contributed by atoms with van der Waals surface area (Å²) in [6.45, 7) is 0. The van der Waals surface area contributed by atoms with Crippen LogP contribution in [0.5, 0.6) is 0 Å². The quantitative estimate of drug-likeness (QED) is 0.159. The summed E-state index contributed by atoms with van der Waals surface area (Å²) in [5.41, 5.74) is 13.7. The lowest BCUT2D eigenvalue weighted by atomic mass is 10.1. The Balaban J connectivity index is 1.14. The van der Waals surface area contributed by atoms with Crippen molar-refractivity contribution in [1.82, 2.24) is 38.2 Å². The zero-order chi connectivity index (χ0) is 54.3. The summed E-state index contributed by atoms with van der Waals surface area (Å²) in [4.78, 5) is 23.6. The Hall–Kier alpha value is -11.4. The summed E-state index contributed by atoms with van der Waals surface area (Å²) in [7, 11) is 0. The Bertz CT molecular complexity index is 5260. The van der Waals surface area contributed by atoms with Gasteiger partial charge in [0.1, 0.15) is 22.5 Å². The van der Waals surface area contributed by atoms with Crippen molar-refractivity contribution in [2.45, 2.75) is 0 Å². The molecular weight excluding hydrogens is 1020 g/mol. The van der Waals surface area contributed by atoms with E-state index in [0.717, 1.165) is 137 Å². The molecule has 18 rings (SSSR count). The van der Waals surface area contributed by atoms with Crippen molar-refractivity contribution in [2.75, 3.05) is 0 Å². The zero-order valence-corrected chi connectivity index (χ0v) is 44.4. The first-order chi connectivity index (χ1) is 41.2. The molecule has 18 aromatic rings. The second-order valence-electron chi connectivity index (χ2n) is 21.3. The number of aromatic nitrogens is 8. The number of hydrogen-bond donors (Lipinski definition) is 0. The predicted molar refractivity (Wildman–Crippen MR) is 339 cm³/mol. The number of furan rings is 1. The highest BCUT2D eigenvalue weighted by Crippen LogP contribution is 2.49. The van der Waals surface area contributed by atoms with Crippen LogP contribution in [-0.4, -0.2) is 38.2 Å². The molecule has 7 aromatic heterocycles. The van der Waals surface area contributed by atoms with Gasteiger partial charge in [0, 0.05) is 65.0 Å². The van der Waals surface area contributed by atoms with E-state index in [9.17, 15) is 0 Å². The van der Waals surface area contributed by atoms with E-state index < -0.39 is 0 Å². The van der Waals surface area contributed by atoms with Crippen LogP contribution < -0.4 is 0 Å². The van der Waals surface area contributed by atoms with Crippen molar-refractivity contribution in [3.8, 4) is 57.2 Å². The lowest BCUT2D eigenvalue weighted by molar-refractivity contribution is 0.669. The largest absolute Gasteiger partial charge is 0.456 e. The van der Waals surface area contributed by atoms with E-state index in [1.165, 1.54) is 0 Å². The van der Waals surface area contributed by atoms with Crippen LogP contribution >= 0.6 is 0 Å². The van der Waals surface area contributed by atoms with Crippen molar-refractivity contribution in [3.63, 3.8) is 0 Å². The van der Waals surface area contributed by atoms with Crippen molar-refractivity contribution >= 4 is 109 Å². The summed E-state index contributed by atoms with van der Waals surface area (Å²) in [6.07, 6.45) is 0. The molecule has 0 N–H and O–H groups in total. The fourth-order valence-corrected chi connectivity index (χ4v) is 13.3. The van der Waals surface area contributed by atoms with Gasteiger partial charge in [-0.2, -0.15) is 0 Å². The smallest absolute Gasteiger partial charge is 0.168 e. The highest BCUT2D eigenvalue weighted by molar-refractivity contribution is 6.16. The van der Waals surface area contributed by atoms with Crippen LogP contribution in [0.15, 0.2) is 271 Å². The van der Waals surface area contributed by atoms with Crippen LogP contribution in [0.3, 0.4) is 0 Å². The molecule has 0 spiro atoms. The molecule has 0 amide bonds. The van der Waals surface area contributed by atoms with Crippen molar-refractivity contribution in [1.29, 1.82) is 0 Å². The van der Waals surface area contributed by atoms with E-state index in [1.807, 2.05) is 36.4 Å². The van der Waals surface area contributed by atoms with Gasteiger partial charge in [-0.1, -0.05) is 194 Å². The highest BCUT2D eigenvalue weighted by Gasteiger charge is 2.34. The number of rotatable bonds is 7. The second kappa shape index (κ2) is 17.5. The molecule has 0 unspecified atom stereocenters. The monoisotopic (exact) mass is 1060 g/mol. The minimum atomic E-state index is 0.464. The number of nitrogens with zero attached hydrogens (tertiary/aromatic N) is 8. The second-order valence-corrected chi connectivity index (χ2v) is 21.3. The minimum absolute atomic E-state index is 0.464. The van der Waals surface area contributed by atoms with Gasteiger partial charge in [-0.25, -0.2) is 19.9 Å². The average Bonchev–Trinajstić information content (AvgIpc) is 2.86. The third kappa shape index (κ3) is 6.58. The van der Waals surface area contributed by atoms with Gasteiger partial charge < -0.3 is 13.6 Å². The van der Waals surface area contributed by atoms with E-state index in [0.29, 0.717) is 29.1 Å². The Morgan fingerprint density at radius 3 is 0.952 bits per heavy atom. The maximum Gasteiger partial charge on any atom is 0.168 e. The van der Waals surface area contributed by atoms with Crippen molar-refractivity contribution < 1.29 is 4.42 Å². The number of benzene rings is 11. The van der Waals surface area contributed by atoms with Gasteiger partial charge >= 0.3 is 0 Å². The lowest BCUT2D eigenvalue weighted by Crippen LogP contribution is -2.17. The first kappa shape index (κ1) is 45.4. The first-order valence-corrected chi connectivity index (χ1v) is 28.0. The van der Waals surface area contributed by atoms with E-state index >= 15 is 0 Å². The topological polar surface area (TPSA) is 84.4 Å². The first-order valence-electron chi connectivity index (χ1n) is 28.0. The molecule has 83 heavy (non-hydrogen) atoms. The molecule has 0 aliphatic rings. The molecule has 9 heteroatoms. The Morgan fingerprint density at radius 2 is 0.542 bits per heavy atom. The minimum Gasteiger partial charge on any atom is -0.456 e. The van der Waals surface area contributed by atoms with Gasteiger partial charge in [0.05, 0.1) is 49.7 Å². The highest BCUT2D eigenvalue weighted by atomic mass is 16.3. The standard InChI is InChI=1S/C74H44N8O/c1-2-22-45(23-3-1)70-75-71(46-42-43-66-56(44-46)55-32-12-21-41-65(55)83-66)77-72(76-70)67-68(79-57-33-13-4-24-47(57)48-25-5-14-34-58(48)79)73(81-61-37-17-8-28-51(61)52-29-9-18-38-62(52)81)78-74(82-63-39-19-10-30-53(63)54-31-11-20-40-64(54)82)69(67)80-59-35-15-6-26-49(59)50-27-7-16-36-60(50)80/h1-44H. The molecule has 0 saturated carbocycles. The number of pyridine rings is 1.